The lowest BCUT2D eigenvalue weighted by Gasteiger charge is -2.35. The van der Waals surface area contributed by atoms with E-state index in [9.17, 15) is 12.8 Å². The molecule has 1 aliphatic carbocycles. The summed E-state index contributed by atoms with van der Waals surface area (Å²) in [6.45, 7) is 2.15. The standard InChI is InChI=1S/C29H34FN7O2S/c1-20(21-15-17-31-19-21)33-23-7-11-26(12-8-23)37(2)40(38,39)27-13-9-25(10-14-27)35-29-32-18-16-28(36-29)34-24-5-3-22(30)4-6-24/h3-6,9-10,13-20,23,26,31,33H,7-8,11-12H2,1-2H3,(H2,32,34,35,36). The molecule has 5 rings (SSSR count). The highest BCUT2D eigenvalue weighted by Gasteiger charge is 2.32. The third kappa shape index (κ3) is 6.67. The first-order chi connectivity index (χ1) is 19.3. The van der Waals surface area contributed by atoms with Gasteiger partial charge in [-0.2, -0.15) is 9.29 Å². The first-order valence-corrected chi connectivity index (χ1v) is 14.8. The maximum Gasteiger partial charge on any atom is 0.243 e. The number of hydrogen-bond acceptors (Lipinski definition) is 7. The number of nitrogens with zero attached hydrogens (tertiary/aromatic N) is 3. The van der Waals surface area contributed by atoms with E-state index in [1.165, 1.54) is 22.0 Å². The molecule has 0 aliphatic heterocycles. The lowest BCUT2D eigenvalue weighted by atomic mass is 9.90. The zero-order valence-electron chi connectivity index (χ0n) is 22.5. The fourth-order valence-electron chi connectivity index (χ4n) is 5.03. The summed E-state index contributed by atoms with van der Waals surface area (Å²) in [6.07, 6.45) is 9.00. The predicted molar refractivity (Wildman–Crippen MR) is 155 cm³/mol. The van der Waals surface area contributed by atoms with Crippen molar-refractivity contribution in [3.63, 3.8) is 0 Å². The van der Waals surface area contributed by atoms with Gasteiger partial charge in [0.25, 0.3) is 0 Å². The first kappa shape index (κ1) is 27.8. The Morgan fingerprint density at radius 1 is 0.950 bits per heavy atom. The number of hydrogen-bond donors (Lipinski definition) is 4. The summed E-state index contributed by atoms with van der Waals surface area (Å²) in [7, 11) is -1.96. The number of H-pyrrole nitrogens is 1. The molecule has 0 bridgehead atoms. The van der Waals surface area contributed by atoms with Crippen molar-refractivity contribution in [2.24, 2.45) is 0 Å². The van der Waals surface area contributed by atoms with Gasteiger partial charge in [0.15, 0.2) is 0 Å². The minimum absolute atomic E-state index is 0.0341. The molecule has 1 unspecified atom stereocenters. The fraction of sp³-hybridized carbons (Fsp3) is 0.310. The second-order valence-corrected chi connectivity index (χ2v) is 12.1. The van der Waals surface area contributed by atoms with E-state index in [-0.39, 0.29) is 22.8 Å². The van der Waals surface area contributed by atoms with Crippen LogP contribution >= 0.6 is 0 Å². The van der Waals surface area contributed by atoms with E-state index < -0.39 is 10.0 Å². The number of anilines is 4. The zero-order chi connectivity index (χ0) is 28.1. The summed E-state index contributed by atoms with van der Waals surface area (Å²) in [4.78, 5) is 12.0. The molecule has 40 heavy (non-hydrogen) atoms. The smallest absolute Gasteiger partial charge is 0.243 e. The van der Waals surface area contributed by atoms with Gasteiger partial charge in [0.05, 0.1) is 4.90 Å². The molecule has 9 nitrogen and oxygen atoms in total. The Morgan fingerprint density at radius 2 is 1.62 bits per heavy atom. The molecule has 1 atom stereocenters. The lowest BCUT2D eigenvalue weighted by molar-refractivity contribution is 0.241. The van der Waals surface area contributed by atoms with Crippen molar-refractivity contribution in [1.82, 2.24) is 24.6 Å². The Bertz CT molecular complexity index is 1490. The molecule has 0 spiro atoms. The van der Waals surface area contributed by atoms with Gasteiger partial charge in [0, 0.05) is 55.1 Å². The van der Waals surface area contributed by atoms with Crippen molar-refractivity contribution in [3.05, 3.63) is 90.6 Å². The number of aromatic amines is 1. The van der Waals surface area contributed by atoms with Crippen molar-refractivity contribution in [2.75, 3.05) is 17.7 Å². The third-order valence-electron chi connectivity index (χ3n) is 7.38. The fourth-order valence-corrected chi connectivity index (χ4v) is 6.45. The van der Waals surface area contributed by atoms with Crippen LogP contribution in [0.1, 0.15) is 44.2 Å². The predicted octanol–water partition coefficient (Wildman–Crippen LogP) is 5.71. The molecular weight excluding hydrogens is 529 g/mol. The van der Waals surface area contributed by atoms with E-state index in [2.05, 4.69) is 43.9 Å². The van der Waals surface area contributed by atoms with Crippen molar-refractivity contribution in [3.8, 4) is 0 Å². The molecule has 2 aromatic heterocycles. The van der Waals surface area contributed by atoms with E-state index in [1.807, 2.05) is 12.4 Å². The summed E-state index contributed by atoms with van der Waals surface area (Å²) < 4.78 is 41.5. The van der Waals surface area contributed by atoms with Crippen molar-refractivity contribution in [2.45, 2.75) is 55.6 Å². The Morgan fingerprint density at radius 3 is 2.30 bits per heavy atom. The van der Waals surface area contributed by atoms with Gasteiger partial charge in [-0.05, 0) is 98.8 Å². The van der Waals surface area contributed by atoms with Crippen LogP contribution in [0.4, 0.5) is 27.5 Å². The van der Waals surface area contributed by atoms with Crippen LogP contribution in [0, 0.1) is 5.82 Å². The van der Waals surface area contributed by atoms with Crippen LogP contribution in [0.25, 0.3) is 0 Å². The van der Waals surface area contributed by atoms with Crippen LogP contribution in [0.5, 0.6) is 0 Å². The van der Waals surface area contributed by atoms with E-state index in [0.29, 0.717) is 29.2 Å². The summed E-state index contributed by atoms with van der Waals surface area (Å²) in [5.74, 6) is 0.565. The lowest BCUT2D eigenvalue weighted by Crippen LogP contribution is -2.43. The van der Waals surface area contributed by atoms with Crippen LogP contribution in [0.3, 0.4) is 0 Å². The van der Waals surface area contributed by atoms with E-state index in [4.69, 9.17) is 0 Å². The molecule has 0 amide bonds. The van der Waals surface area contributed by atoms with Crippen molar-refractivity contribution in [1.29, 1.82) is 0 Å². The number of benzene rings is 2. The molecule has 0 saturated heterocycles. The quantitative estimate of drug-likeness (QED) is 0.195. The Hall–Kier alpha value is -3.80. The summed E-state index contributed by atoms with van der Waals surface area (Å²) in [5.41, 5.74) is 2.57. The zero-order valence-corrected chi connectivity index (χ0v) is 23.3. The molecule has 4 aromatic rings. The van der Waals surface area contributed by atoms with Gasteiger partial charge in [0.1, 0.15) is 11.6 Å². The average Bonchev–Trinajstić information content (AvgIpc) is 3.50. The summed E-state index contributed by atoms with van der Waals surface area (Å²) in [5, 5.41) is 9.87. The number of halogens is 1. The van der Waals surface area contributed by atoms with Crippen LogP contribution < -0.4 is 16.0 Å². The van der Waals surface area contributed by atoms with Gasteiger partial charge in [-0.15, -0.1) is 0 Å². The van der Waals surface area contributed by atoms with Gasteiger partial charge in [-0.25, -0.2) is 17.8 Å². The highest BCUT2D eigenvalue weighted by atomic mass is 32.2. The molecule has 210 valence electrons. The van der Waals surface area contributed by atoms with Gasteiger partial charge >= 0.3 is 0 Å². The third-order valence-corrected chi connectivity index (χ3v) is 9.30. The van der Waals surface area contributed by atoms with Crippen LogP contribution in [-0.2, 0) is 10.0 Å². The molecule has 1 aliphatic rings. The van der Waals surface area contributed by atoms with Gasteiger partial charge in [-0.3, -0.25) is 0 Å². The SMILES string of the molecule is CC(NC1CCC(N(C)S(=O)(=O)c2ccc(Nc3nccc(Nc4ccc(F)cc4)n3)cc2)CC1)c1cc[nH]c1. The topological polar surface area (TPSA) is 115 Å². The maximum absolute atomic E-state index is 13.4. The van der Waals surface area contributed by atoms with Crippen LogP contribution in [0.15, 0.2) is 84.1 Å². The van der Waals surface area contributed by atoms with Crippen molar-refractivity contribution >= 4 is 33.2 Å². The highest BCUT2D eigenvalue weighted by Crippen LogP contribution is 2.29. The molecule has 0 radical (unpaired) electrons. The second kappa shape index (κ2) is 12.2. The number of sulfonamides is 1. The molecule has 4 N–H and O–H groups in total. The summed E-state index contributed by atoms with van der Waals surface area (Å²) in [6, 6.07) is 16.9. The van der Waals surface area contributed by atoms with E-state index in [1.54, 1.807) is 55.7 Å². The number of rotatable bonds is 10. The van der Waals surface area contributed by atoms with Crippen LogP contribution in [0.2, 0.25) is 0 Å². The normalized spacial score (nSPS) is 18.4. The number of nitrogens with one attached hydrogen (secondary N) is 4. The van der Waals surface area contributed by atoms with Crippen molar-refractivity contribution < 1.29 is 12.8 Å². The van der Waals surface area contributed by atoms with Crippen LogP contribution in [-0.4, -0.2) is 46.8 Å². The largest absolute Gasteiger partial charge is 0.367 e. The minimum atomic E-state index is -3.64. The highest BCUT2D eigenvalue weighted by molar-refractivity contribution is 7.89. The Kier molecular flexibility index (Phi) is 8.43. The monoisotopic (exact) mass is 563 g/mol. The minimum Gasteiger partial charge on any atom is -0.367 e. The number of aromatic nitrogens is 3. The Balaban J connectivity index is 1.16. The second-order valence-electron chi connectivity index (χ2n) is 10.1. The van der Waals surface area contributed by atoms with E-state index in [0.717, 1.165) is 25.7 Å². The molecular formula is C29H34FN7O2S. The van der Waals surface area contributed by atoms with Gasteiger partial charge in [0.2, 0.25) is 16.0 Å². The van der Waals surface area contributed by atoms with Gasteiger partial charge in [-0.1, -0.05) is 0 Å². The van der Waals surface area contributed by atoms with E-state index >= 15 is 0 Å². The average molecular weight is 564 g/mol. The molecule has 1 fully saturated rings. The maximum atomic E-state index is 13.4. The first-order valence-electron chi connectivity index (χ1n) is 13.4. The van der Waals surface area contributed by atoms with Gasteiger partial charge < -0.3 is 20.9 Å². The molecule has 2 aromatic carbocycles. The summed E-state index contributed by atoms with van der Waals surface area (Å²) >= 11 is 0. The molecule has 2 heterocycles. The molecule has 1 saturated carbocycles. The molecule has 11 heteroatoms. The Labute approximate surface area is 234 Å².